The smallest absolute Gasteiger partial charge is 0.194 e. The highest BCUT2D eigenvalue weighted by Gasteiger charge is 2.23. The number of aromatic hydroxyl groups is 1. The molecule has 0 unspecified atom stereocenters. The molecule has 26 heavy (non-hydrogen) atoms. The van der Waals surface area contributed by atoms with Gasteiger partial charge in [-0.15, -0.1) is 5.10 Å². The summed E-state index contributed by atoms with van der Waals surface area (Å²) in [4.78, 5) is 7.02. The summed E-state index contributed by atoms with van der Waals surface area (Å²) in [7, 11) is 2.17. The molecule has 1 aliphatic heterocycles. The first-order chi connectivity index (χ1) is 12.4. The average Bonchev–Trinajstić information content (AvgIpc) is 3.03. The van der Waals surface area contributed by atoms with Crippen molar-refractivity contribution in [2.45, 2.75) is 33.2 Å². The first-order valence-electron chi connectivity index (χ1n) is 9.01. The van der Waals surface area contributed by atoms with Crippen LogP contribution in [0.25, 0.3) is 16.0 Å². The van der Waals surface area contributed by atoms with Gasteiger partial charge in [0.05, 0.1) is 10.9 Å². The van der Waals surface area contributed by atoms with Gasteiger partial charge in [-0.25, -0.2) is 4.68 Å². The minimum atomic E-state index is 0.246. The van der Waals surface area contributed by atoms with Gasteiger partial charge in [0.1, 0.15) is 11.4 Å². The molecular formula is C19H25N5OS. The number of nitrogens with zero attached hydrogens (tertiary/aromatic N) is 4. The number of aromatic nitrogens is 3. The average molecular weight is 372 g/mol. The summed E-state index contributed by atoms with van der Waals surface area (Å²) in [5, 5.41) is 19.4. The van der Waals surface area contributed by atoms with Crippen molar-refractivity contribution >= 4 is 26.8 Å². The van der Waals surface area contributed by atoms with E-state index in [4.69, 9.17) is 0 Å². The van der Waals surface area contributed by atoms with E-state index in [2.05, 4.69) is 34.3 Å². The van der Waals surface area contributed by atoms with Crippen molar-refractivity contribution in [2.75, 3.05) is 25.5 Å². The van der Waals surface area contributed by atoms with Crippen molar-refractivity contribution < 1.29 is 5.11 Å². The quantitative estimate of drug-likeness (QED) is 0.737. The zero-order valence-electron chi connectivity index (χ0n) is 15.7. The SMILES string of the molecule is Cc1cc(C)c(-n2cc3sc(N[C@@H]4C[C@@H](C)CN(C)C4)nc3n2)c(O)c1. The van der Waals surface area contributed by atoms with Crippen molar-refractivity contribution in [2.24, 2.45) is 5.92 Å². The second-order valence-electron chi connectivity index (χ2n) is 7.63. The predicted molar refractivity (Wildman–Crippen MR) is 107 cm³/mol. The topological polar surface area (TPSA) is 66.2 Å². The van der Waals surface area contributed by atoms with E-state index in [1.807, 2.05) is 26.1 Å². The molecule has 1 aromatic carbocycles. The largest absolute Gasteiger partial charge is 0.506 e. The number of likely N-dealkylation sites (N-methyl/N-ethyl adjacent to an activating group) is 1. The van der Waals surface area contributed by atoms with E-state index in [-0.39, 0.29) is 5.75 Å². The fraction of sp³-hybridized carbons (Fsp3) is 0.474. The van der Waals surface area contributed by atoms with E-state index >= 15 is 0 Å². The number of phenols is 1. The van der Waals surface area contributed by atoms with Gasteiger partial charge in [-0.2, -0.15) is 4.98 Å². The number of aryl methyl sites for hydroxylation is 2. The third kappa shape index (κ3) is 3.29. The summed E-state index contributed by atoms with van der Waals surface area (Å²) in [6.07, 6.45) is 3.11. The molecule has 0 amide bonds. The summed E-state index contributed by atoms with van der Waals surface area (Å²) >= 11 is 1.62. The zero-order chi connectivity index (χ0) is 18.4. The lowest BCUT2D eigenvalue weighted by Crippen LogP contribution is -2.43. The van der Waals surface area contributed by atoms with Crippen LogP contribution in [0.1, 0.15) is 24.5 Å². The highest BCUT2D eigenvalue weighted by Crippen LogP contribution is 2.31. The number of anilines is 1. The highest BCUT2D eigenvalue weighted by molar-refractivity contribution is 7.22. The van der Waals surface area contributed by atoms with E-state index in [0.717, 1.165) is 46.2 Å². The number of rotatable bonds is 3. The second kappa shape index (κ2) is 6.55. The first kappa shape index (κ1) is 17.3. The summed E-state index contributed by atoms with van der Waals surface area (Å²) in [5.41, 5.74) is 3.47. The van der Waals surface area contributed by atoms with E-state index in [0.29, 0.717) is 17.6 Å². The molecule has 0 saturated carbocycles. The van der Waals surface area contributed by atoms with E-state index in [9.17, 15) is 5.11 Å². The number of fused-ring (bicyclic) bond motifs is 1. The molecular weight excluding hydrogens is 346 g/mol. The third-order valence-corrected chi connectivity index (χ3v) is 5.81. The molecule has 138 valence electrons. The second-order valence-corrected chi connectivity index (χ2v) is 8.66. The van der Waals surface area contributed by atoms with Crippen LogP contribution in [0.3, 0.4) is 0 Å². The number of phenolic OH excluding ortho intramolecular Hbond substituents is 1. The lowest BCUT2D eigenvalue weighted by molar-refractivity contribution is 0.207. The molecule has 3 aromatic rings. The summed E-state index contributed by atoms with van der Waals surface area (Å²) < 4.78 is 2.75. The predicted octanol–water partition coefficient (Wildman–Crippen LogP) is 3.56. The van der Waals surface area contributed by atoms with Crippen LogP contribution < -0.4 is 5.32 Å². The number of likely N-dealkylation sites (tertiary alicyclic amines) is 1. The van der Waals surface area contributed by atoms with Gasteiger partial charge < -0.3 is 15.3 Å². The highest BCUT2D eigenvalue weighted by atomic mass is 32.1. The molecule has 1 aliphatic rings. The summed E-state index contributed by atoms with van der Waals surface area (Å²) in [5.74, 6) is 0.938. The molecule has 0 radical (unpaired) electrons. The fourth-order valence-electron chi connectivity index (χ4n) is 4.03. The van der Waals surface area contributed by atoms with Crippen molar-refractivity contribution in [3.8, 4) is 11.4 Å². The van der Waals surface area contributed by atoms with Gasteiger partial charge in [-0.05, 0) is 50.4 Å². The van der Waals surface area contributed by atoms with Crippen LogP contribution in [0.5, 0.6) is 5.75 Å². The van der Waals surface area contributed by atoms with Gasteiger partial charge in [0.2, 0.25) is 0 Å². The zero-order valence-corrected chi connectivity index (χ0v) is 16.5. The summed E-state index contributed by atoms with van der Waals surface area (Å²) in [6, 6.07) is 4.24. The molecule has 6 nitrogen and oxygen atoms in total. The van der Waals surface area contributed by atoms with Crippen LogP contribution >= 0.6 is 11.3 Å². The van der Waals surface area contributed by atoms with Crippen molar-refractivity contribution in [3.05, 3.63) is 29.5 Å². The number of piperidine rings is 1. The Labute approximate surface area is 157 Å². The van der Waals surface area contributed by atoms with Crippen molar-refractivity contribution in [3.63, 3.8) is 0 Å². The first-order valence-corrected chi connectivity index (χ1v) is 9.82. The molecule has 1 fully saturated rings. The molecule has 0 bridgehead atoms. The maximum atomic E-state index is 10.3. The van der Waals surface area contributed by atoms with E-state index in [1.54, 1.807) is 22.1 Å². The number of hydrogen-bond donors (Lipinski definition) is 2. The fourth-order valence-corrected chi connectivity index (χ4v) is 4.93. The number of hydrogen-bond acceptors (Lipinski definition) is 6. The van der Waals surface area contributed by atoms with Crippen LogP contribution in [0.2, 0.25) is 0 Å². The normalized spacial score (nSPS) is 21.4. The van der Waals surface area contributed by atoms with Gasteiger partial charge in [-0.1, -0.05) is 24.3 Å². The van der Waals surface area contributed by atoms with Gasteiger partial charge in [0, 0.05) is 19.1 Å². The Morgan fingerprint density at radius 2 is 2.08 bits per heavy atom. The van der Waals surface area contributed by atoms with Gasteiger partial charge in [0.15, 0.2) is 10.8 Å². The Hall–Kier alpha value is -2.12. The van der Waals surface area contributed by atoms with Crippen LogP contribution in [0, 0.1) is 19.8 Å². The van der Waals surface area contributed by atoms with E-state index < -0.39 is 0 Å². The molecule has 1 saturated heterocycles. The number of nitrogens with one attached hydrogen (secondary N) is 1. The Kier molecular flexibility index (Phi) is 4.36. The Bertz CT molecular complexity index is 882. The minimum Gasteiger partial charge on any atom is -0.506 e. The van der Waals surface area contributed by atoms with E-state index in [1.165, 1.54) is 0 Å². The summed E-state index contributed by atoms with van der Waals surface area (Å²) in [6.45, 7) is 8.45. The molecule has 4 rings (SSSR count). The van der Waals surface area contributed by atoms with Crippen molar-refractivity contribution in [1.29, 1.82) is 0 Å². The minimum absolute atomic E-state index is 0.246. The molecule has 2 aromatic heterocycles. The van der Waals surface area contributed by atoms with Crippen LogP contribution in [-0.4, -0.2) is 50.9 Å². The van der Waals surface area contributed by atoms with Gasteiger partial charge in [-0.3, -0.25) is 0 Å². The Morgan fingerprint density at radius 1 is 1.27 bits per heavy atom. The molecule has 0 spiro atoms. The third-order valence-electron chi connectivity index (χ3n) is 4.90. The standard InChI is InChI=1S/C19H25N5OS/c1-11-5-13(3)17(15(25)7-11)24-10-16-18(22-24)21-19(26-16)20-14-6-12(2)8-23(4)9-14/h5,7,10,12,14,25H,6,8-9H2,1-4H3,(H,20,21,22)/t12-,14-/m1/s1. The molecule has 3 heterocycles. The maximum absolute atomic E-state index is 10.3. The van der Waals surface area contributed by atoms with Crippen LogP contribution in [0.15, 0.2) is 18.3 Å². The van der Waals surface area contributed by atoms with Gasteiger partial charge >= 0.3 is 0 Å². The van der Waals surface area contributed by atoms with Gasteiger partial charge in [0.25, 0.3) is 0 Å². The lowest BCUT2D eigenvalue weighted by Gasteiger charge is -2.34. The molecule has 7 heteroatoms. The lowest BCUT2D eigenvalue weighted by atomic mass is 9.97. The number of thiazole rings is 1. The monoisotopic (exact) mass is 371 g/mol. The Morgan fingerprint density at radius 3 is 2.77 bits per heavy atom. The van der Waals surface area contributed by atoms with Crippen LogP contribution in [-0.2, 0) is 0 Å². The van der Waals surface area contributed by atoms with Crippen LogP contribution in [0.4, 0.5) is 5.13 Å². The Balaban J connectivity index is 1.58. The number of benzene rings is 1. The maximum Gasteiger partial charge on any atom is 0.194 e. The van der Waals surface area contributed by atoms with Crippen molar-refractivity contribution in [1.82, 2.24) is 19.7 Å². The molecule has 0 aliphatic carbocycles. The molecule has 2 atom stereocenters. The molecule has 2 N–H and O–H groups in total.